The Morgan fingerprint density at radius 2 is 1.90 bits per heavy atom. The predicted molar refractivity (Wildman–Crippen MR) is 119 cm³/mol. The highest BCUT2D eigenvalue weighted by molar-refractivity contribution is 5.78. The van der Waals surface area contributed by atoms with E-state index in [1.165, 1.54) is 11.1 Å². The lowest BCUT2D eigenvalue weighted by atomic mass is 9.99. The van der Waals surface area contributed by atoms with Crippen molar-refractivity contribution in [2.24, 2.45) is 0 Å². The van der Waals surface area contributed by atoms with Crippen LogP contribution in [0.25, 0.3) is 0 Å². The number of likely N-dealkylation sites (N-methyl/N-ethyl adjacent to an activating group) is 1. The zero-order valence-electron chi connectivity index (χ0n) is 18.5. The quantitative estimate of drug-likeness (QED) is 0.761. The summed E-state index contributed by atoms with van der Waals surface area (Å²) < 4.78 is 0. The average Bonchev–Trinajstić information content (AvgIpc) is 2.74. The van der Waals surface area contributed by atoms with E-state index in [1.54, 1.807) is 0 Å². The fourth-order valence-electron chi connectivity index (χ4n) is 4.68. The molecule has 1 fully saturated rings. The number of nitrogens with zero attached hydrogens (tertiary/aromatic N) is 5. The molecule has 6 heteroatoms. The summed E-state index contributed by atoms with van der Waals surface area (Å²) in [6.07, 6.45) is 5.26. The molecule has 160 valence electrons. The summed E-state index contributed by atoms with van der Waals surface area (Å²) in [5.41, 5.74) is 3.63. The number of amides is 1. The van der Waals surface area contributed by atoms with Gasteiger partial charge < -0.3 is 14.7 Å². The van der Waals surface area contributed by atoms with E-state index in [-0.39, 0.29) is 11.9 Å². The number of likely N-dealkylation sites (tertiary alicyclic amines) is 1. The van der Waals surface area contributed by atoms with E-state index in [1.807, 2.05) is 23.9 Å². The molecule has 0 bridgehead atoms. The summed E-state index contributed by atoms with van der Waals surface area (Å²) in [6.45, 7) is 5.19. The van der Waals surface area contributed by atoms with Crippen LogP contribution in [-0.2, 0) is 17.8 Å². The number of carbonyl (C=O) groups excluding carboxylic acids is 1. The molecule has 2 aromatic rings. The molecule has 0 saturated carbocycles. The second kappa shape index (κ2) is 9.13. The molecule has 1 atom stereocenters. The third-order valence-corrected chi connectivity index (χ3v) is 6.15. The Kier molecular flexibility index (Phi) is 6.32. The van der Waals surface area contributed by atoms with E-state index < -0.39 is 0 Å². The second-order valence-corrected chi connectivity index (χ2v) is 8.82. The first-order valence-corrected chi connectivity index (χ1v) is 11.1. The smallest absolute Gasteiger partial charge is 0.237 e. The van der Waals surface area contributed by atoms with Gasteiger partial charge in [-0.05, 0) is 58.7 Å². The summed E-state index contributed by atoms with van der Waals surface area (Å²) in [5, 5.41) is 0. The van der Waals surface area contributed by atoms with Gasteiger partial charge in [-0.15, -0.1) is 0 Å². The van der Waals surface area contributed by atoms with Gasteiger partial charge in [0.15, 0.2) is 5.82 Å². The fourth-order valence-corrected chi connectivity index (χ4v) is 4.68. The number of aryl methyl sites for hydroxylation is 1. The molecule has 1 aromatic carbocycles. The highest BCUT2D eigenvalue weighted by Crippen LogP contribution is 2.34. The van der Waals surface area contributed by atoms with Crippen LogP contribution in [0.1, 0.15) is 54.4 Å². The van der Waals surface area contributed by atoms with Crippen LogP contribution in [0.5, 0.6) is 0 Å². The van der Waals surface area contributed by atoms with Gasteiger partial charge in [0, 0.05) is 30.9 Å². The molecule has 0 radical (unpaired) electrons. The number of hydrogen-bond acceptors (Lipinski definition) is 5. The van der Waals surface area contributed by atoms with Gasteiger partial charge in [-0.1, -0.05) is 30.3 Å². The van der Waals surface area contributed by atoms with Gasteiger partial charge in [-0.2, -0.15) is 0 Å². The number of hydrogen-bond donors (Lipinski definition) is 0. The van der Waals surface area contributed by atoms with Crippen LogP contribution in [0, 0.1) is 6.92 Å². The first-order chi connectivity index (χ1) is 14.5. The van der Waals surface area contributed by atoms with E-state index in [0.717, 1.165) is 69.1 Å². The zero-order chi connectivity index (χ0) is 21.1. The van der Waals surface area contributed by atoms with Crippen molar-refractivity contribution in [3.05, 3.63) is 53.0 Å². The molecule has 2 aliphatic rings. The maximum absolute atomic E-state index is 12.9. The average molecular weight is 408 g/mol. The SMILES string of the molecule is Cc1nc(C2CCCCN2C(=O)CN(C)C)nc2c1CCCN2Cc1ccccc1. The largest absolute Gasteiger partial charge is 0.352 e. The van der Waals surface area contributed by atoms with Crippen LogP contribution in [-0.4, -0.2) is 59.4 Å². The highest BCUT2D eigenvalue weighted by atomic mass is 16.2. The summed E-state index contributed by atoms with van der Waals surface area (Å²) in [4.78, 5) is 29.2. The van der Waals surface area contributed by atoms with Crippen molar-refractivity contribution in [3.63, 3.8) is 0 Å². The molecular weight excluding hydrogens is 374 g/mol. The number of rotatable bonds is 5. The molecule has 30 heavy (non-hydrogen) atoms. The molecule has 1 saturated heterocycles. The van der Waals surface area contributed by atoms with Crippen LogP contribution < -0.4 is 4.90 Å². The van der Waals surface area contributed by atoms with Crippen LogP contribution in [0.4, 0.5) is 5.82 Å². The van der Waals surface area contributed by atoms with Gasteiger partial charge in [0.25, 0.3) is 0 Å². The van der Waals surface area contributed by atoms with Crippen molar-refractivity contribution >= 4 is 11.7 Å². The Labute approximate surface area is 179 Å². The molecular formula is C24H33N5O. The molecule has 4 rings (SSSR count). The molecule has 6 nitrogen and oxygen atoms in total. The minimum absolute atomic E-state index is 0.0179. The monoisotopic (exact) mass is 407 g/mol. The Bertz CT molecular complexity index is 883. The normalized spacial score (nSPS) is 19.1. The summed E-state index contributed by atoms with van der Waals surface area (Å²) >= 11 is 0. The molecule has 1 amide bonds. The van der Waals surface area contributed by atoms with Gasteiger partial charge >= 0.3 is 0 Å². The van der Waals surface area contributed by atoms with E-state index in [0.29, 0.717) is 6.54 Å². The fraction of sp³-hybridized carbons (Fsp3) is 0.542. The van der Waals surface area contributed by atoms with Gasteiger partial charge in [-0.25, -0.2) is 9.97 Å². The number of carbonyl (C=O) groups is 1. The minimum atomic E-state index is -0.0179. The Morgan fingerprint density at radius 1 is 1.10 bits per heavy atom. The Morgan fingerprint density at radius 3 is 2.67 bits per heavy atom. The minimum Gasteiger partial charge on any atom is -0.352 e. The van der Waals surface area contributed by atoms with Crippen LogP contribution in [0.15, 0.2) is 30.3 Å². The lowest BCUT2D eigenvalue weighted by molar-refractivity contribution is -0.135. The third-order valence-electron chi connectivity index (χ3n) is 6.15. The lowest BCUT2D eigenvalue weighted by Gasteiger charge is -2.37. The topological polar surface area (TPSA) is 52.6 Å². The zero-order valence-corrected chi connectivity index (χ0v) is 18.5. The van der Waals surface area contributed by atoms with Crippen molar-refractivity contribution < 1.29 is 4.79 Å². The van der Waals surface area contributed by atoms with Gasteiger partial charge in [0.1, 0.15) is 5.82 Å². The van der Waals surface area contributed by atoms with Crippen molar-refractivity contribution in [3.8, 4) is 0 Å². The molecule has 1 aromatic heterocycles. The number of benzene rings is 1. The van der Waals surface area contributed by atoms with E-state index in [4.69, 9.17) is 9.97 Å². The maximum atomic E-state index is 12.9. The Balaban J connectivity index is 1.65. The van der Waals surface area contributed by atoms with E-state index >= 15 is 0 Å². The molecule has 0 N–H and O–H groups in total. The van der Waals surface area contributed by atoms with Crippen molar-refractivity contribution in [1.29, 1.82) is 0 Å². The summed E-state index contributed by atoms with van der Waals surface area (Å²) in [5.74, 6) is 2.06. The predicted octanol–water partition coefficient (Wildman–Crippen LogP) is 3.35. The summed E-state index contributed by atoms with van der Waals surface area (Å²) in [6, 6.07) is 10.6. The first kappa shape index (κ1) is 20.8. The number of aromatic nitrogens is 2. The number of fused-ring (bicyclic) bond motifs is 1. The van der Waals surface area contributed by atoms with Gasteiger partial charge in [0.2, 0.25) is 5.91 Å². The third kappa shape index (κ3) is 4.48. The van der Waals surface area contributed by atoms with Crippen LogP contribution in [0.2, 0.25) is 0 Å². The molecule has 1 unspecified atom stereocenters. The number of piperidine rings is 1. The Hall–Kier alpha value is -2.47. The molecule has 3 heterocycles. The summed E-state index contributed by atoms with van der Waals surface area (Å²) in [7, 11) is 3.88. The standard InChI is InChI=1S/C24H33N5O/c1-18-20-12-9-14-28(16-19-10-5-4-6-11-19)24(20)26-23(25-18)21-13-7-8-15-29(21)22(30)17-27(2)3/h4-6,10-11,21H,7-9,12-17H2,1-3H3. The first-order valence-electron chi connectivity index (χ1n) is 11.1. The van der Waals surface area contributed by atoms with Crippen LogP contribution >= 0.6 is 0 Å². The van der Waals surface area contributed by atoms with Crippen molar-refractivity contribution in [1.82, 2.24) is 19.8 Å². The van der Waals surface area contributed by atoms with Gasteiger partial charge in [0.05, 0.1) is 12.6 Å². The van der Waals surface area contributed by atoms with Crippen molar-refractivity contribution in [2.75, 3.05) is 38.6 Å². The lowest BCUT2D eigenvalue weighted by Crippen LogP contribution is -2.43. The molecule has 0 spiro atoms. The van der Waals surface area contributed by atoms with E-state index in [2.05, 4.69) is 42.2 Å². The van der Waals surface area contributed by atoms with Crippen molar-refractivity contribution in [2.45, 2.75) is 51.6 Å². The number of anilines is 1. The molecule has 0 aliphatic carbocycles. The highest BCUT2D eigenvalue weighted by Gasteiger charge is 2.32. The molecule has 2 aliphatic heterocycles. The second-order valence-electron chi connectivity index (χ2n) is 8.82. The van der Waals surface area contributed by atoms with E-state index in [9.17, 15) is 4.79 Å². The van der Waals surface area contributed by atoms with Crippen LogP contribution in [0.3, 0.4) is 0 Å². The maximum Gasteiger partial charge on any atom is 0.237 e. The van der Waals surface area contributed by atoms with Gasteiger partial charge in [-0.3, -0.25) is 4.79 Å².